The van der Waals surface area contributed by atoms with Crippen molar-refractivity contribution in [3.63, 3.8) is 0 Å². The Hall–Kier alpha value is -2.02. The molecule has 0 aliphatic heterocycles. The molecule has 0 N–H and O–H groups in total. The lowest BCUT2D eigenvalue weighted by Gasteiger charge is -2.20. The van der Waals surface area contributed by atoms with Gasteiger partial charge in [0, 0.05) is 5.92 Å². The summed E-state index contributed by atoms with van der Waals surface area (Å²) in [6.07, 6.45) is 7.53. The van der Waals surface area contributed by atoms with Crippen molar-refractivity contribution in [1.82, 2.24) is 0 Å². The molecule has 0 saturated carbocycles. The summed E-state index contributed by atoms with van der Waals surface area (Å²) in [5.74, 6) is 2.24. The van der Waals surface area contributed by atoms with E-state index >= 15 is 0 Å². The highest BCUT2D eigenvalue weighted by Gasteiger charge is 2.26. The molecule has 132 valence electrons. The molecule has 1 aliphatic carbocycles. The maximum absolute atomic E-state index is 5.32. The molecule has 2 unspecified atom stereocenters. The molecule has 1 heteroatoms. The van der Waals surface area contributed by atoms with E-state index in [2.05, 4.69) is 69.3 Å². The lowest BCUT2D eigenvalue weighted by molar-refractivity contribution is 0.415. The molecule has 1 aliphatic rings. The van der Waals surface area contributed by atoms with Crippen LogP contribution in [0.2, 0.25) is 0 Å². The van der Waals surface area contributed by atoms with Gasteiger partial charge in [0.05, 0.1) is 7.11 Å². The highest BCUT2D eigenvalue weighted by atomic mass is 16.5. The summed E-state index contributed by atoms with van der Waals surface area (Å²) in [7, 11) is 1.72. The second-order valence-corrected chi connectivity index (χ2v) is 7.48. The first-order chi connectivity index (χ1) is 12.1. The van der Waals surface area contributed by atoms with Crippen molar-refractivity contribution < 1.29 is 4.74 Å². The fraction of sp³-hybridized carbons (Fsp3) is 0.417. The Bertz CT molecular complexity index is 739. The quantitative estimate of drug-likeness (QED) is 0.537. The summed E-state index contributed by atoms with van der Waals surface area (Å²) < 4.78 is 5.32. The third kappa shape index (κ3) is 3.98. The van der Waals surface area contributed by atoms with Crippen molar-refractivity contribution in [2.24, 2.45) is 5.92 Å². The number of methoxy groups -OCH3 is 1. The molecule has 2 aromatic carbocycles. The van der Waals surface area contributed by atoms with E-state index in [0.29, 0.717) is 5.92 Å². The maximum Gasteiger partial charge on any atom is 0.118 e. The summed E-state index contributed by atoms with van der Waals surface area (Å²) in [5.41, 5.74) is 7.04. The van der Waals surface area contributed by atoms with E-state index < -0.39 is 0 Å². The minimum Gasteiger partial charge on any atom is -0.497 e. The standard InChI is InChI=1S/C24H30O/c1-5-6-17(2)8-14-22-23-15-18(3)7-9-20(23)16-24(22)19-10-12-21(25-4)13-11-19/h7,9-13,15-17,22H,5-6,8,14H2,1-4H3. The first-order valence-electron chi connectivity index (χ1n) is 9.59. The zero-order valence-electron chi connectivity index (χ0n) is 16.0. The number of ether oxygens (including phenoxy) is 1. The van der Waals surface area contributed by atoms with Crippen molar-refractivity contribution in [1.29, 1.82) is 0 Å². The van der Waals surface area contributed by atoms with E-state index in [1.165, 1.54) is 53.5 Å². The van der Waals surface area contributed by atoms with Crippen molar-refractivity contribution in [3.8, 4) is 5.75 Å². The topological polar surface area (TPSA) is 9.23 Å². The molecule has 0 heterocycles. The lowest BCUT2D eigenvalue weighted by atomic mass is 9.84. The number of aryl methyl sites for hydroxylation is 1. The van der Waals surface area contributed by atoms with Crippen LogP contribution in [0.15, 0.2) is 42.5 Å². The van der Waals surface area contributed by atoms with E-state index in [4.69, 9.17) is 4.74 Å². The molecule has 0 radical (unpaired) electrons. The van der Waals surface area contributed by atoms with E-state index in [0.717, 1.165) is 11.7 Å². The Morgan fingerprint density at radius 3 is 2.48 bits per heavy atom. The van der Waals surface area contributed by atoms with Gasteiger partial charge in [-0.05, 0) is 60.1 Å². The third-order valence-corrected chi connectivity index (χ3v) is 5.46. The van der Waals surface area contributed by atoms with Crippen LogP contribution in [0.5, 0.6) is 5.75 Å². The monoisotopic (exact) mass is 334 g/mol. The molecule has 0 spiro atoms. The highest BCUT2D eigenvalue weighted by Crippen LogP contribution is 2.45. The largest absolute Gasteiger partial charge is 0.497 e. The van der Waals surface area contributed by atoms with Crippen LogP contribution in [0, 0.1) is 12.8 Å². The summed E-state index contributed by atoms with van der Waals surface area (Å²) in [6.45, 7) is 6.88. The molecule has 0 fully saturated rings. The average molecular weight is 335 g/mol. The SMILES string of the molecule is CCCC(C)CCC1C(c2ccc(OC)cc2)=Cc2ccc(C)cc21. The van der Waals surface area contributed by atoms with E-state index in [1.54, 1.807) is 7.11 Å². The van der Waals surface area contributed by atoms with Crippen LogP contribution < -0.4 is 4.74 Å². The van der Waals surface area contributed by atoms with Crippen LogP contribution in [0.4, 0.5) is 0 Å². The van der Waals surface area contributed by atoms with Gasteiger partial charge in [-0.2, -0.15) is 0 Å². The molecular formula is C24H30O. The predicted molar refractivity (Wildman–Crippen MR) is 108 cm³/mol. The summed E-state index contributed by atoms with van der Waals surface area (Å²) >= 11 is 0. The Morgan fingerprint density at radius 1 is 1.04 bits per heavy atom. The second-order valence-electron chi connectivity index (χ2n) is 7.48. The van der Waals surface area contributed by atoms with Gasteiger partial charge in [0.25, 0.3) is 0 Å². The first-order valence-corrected chi connectivity index (χ1v) is 9.59. The van der Waals surface area contributed by atoms with Crippen LogP contribution in [-0.2, 0) is 0 Å². The molecule has 0 saturated heterocycles. The molecular weight excluding hydrogens is 304 g/mol. The number of hydrogen-bond donors (Lipinski definition) is 0. The molecule has 0 amide bonds. The zero-order valence-corrected chi connectivity index (χ0v) is 16.0. The number of benzene rings is 2. The summed E-state index contributed by atoms with van der Waals surface area (Å²) in [5, 5.41) is 0. The van der Waals surface area contributed by atoms with Gasteiger partial charge in [-0.25, -0.2) is 0 Å². The fourth-order valence-corrected chi connectivity index (χ4v) is 4.03. The van der Waals surface area contributed by atoms with Gasteiger partial charge in [0.2, 0.25) is 0 Å². The zero-order chi connectivity index (χ0) is 17.8. The molecule has 2 aromatic rings. The number of fused-ring (bicyclic) bond motifs is 1. The van der Waals surface area contributed by atoms with Crippen LogP contribution in [0.3, 0.4) is 0 Å². The van der Waals surface area contributed by atoms with Gasteiger partial charge >= 0.3 is 0 Å². The Morgan fingerprint density at radius 2 is 1.80 bits per heavy atom. The number of rotatable bonds is 7. The first kappa shape index (κ1) is 17.8. The Balaban J connectivity index is 1.89. The number of hydrogen-bond acceptors (Lipinski definition) is 1. The smallest absolute Gasteiger partial charge is 0.118 e. The normalized spacial score (nSPS) is 17.1. The minimum atomic E-state index is 0.516. The predicted octanol–water partition coefficient (Wildman–Crippen LogP) is 6.86. The van der Waals surface area contributed by atoms with E-state index in [1.807, 2.05) is 0 Å². The Kier molecular flexibility index (Phi) is 5.63. The van der Waals surface area contributed by atoms with Crippen LogP contribution >= 0.6 is 0 Å². The van der Waals surface area contributed by atoms with Crippen LogP contribution in [-0.4, -0.2) is 7.11 Å². The molecule has 3 rings (SSSR count). The van der Waals surface area contributed by atoms with Crippen molar-refractivity contribution in [2.45, 2.75) is 52.4 Å². The minimum absolute atomic E-state index is 0.516. The van der Waals surface area contributed by atoms with Gasteiger partial charge in [-0.1, -0.05) is 68.7 Å². The summed E-state index contributed by atoms with van der Waals surface area (Å²) in [4.78, 5) is 0. The average Bonchev–Trinajstić information content (AvgIpc) is 2.98. The summed E-state index contributed by atoms with van der Waals surface area (Å²) in [6, 6.07) is 15.4. The molecule has 25 heavy (non-hydrogen) atoms. The molecule has 2 atom stereocenters. The van der Waals surface area contributed by atoms with Crippen LogP contribution in [0.1, 0.15) is 67.7 Å². The fourth-order valence-electron chi connectivity index (χ4n) is 4.03. The van der Waals surface area contributed by atoms with Gasteiger partial charge in [-0.15, -0.1) is 0 Å². The molecule has 1 nitrogen and oxygen atoms in total. The van der Waals surface area contributed by atoms with Crippen molar-refractivity contribution in [2.75, 3.05) is 7.11 Å². The van der Waals surface area contributed by atoms with Crippen molar-refractivity contribution in [3.05, 3.63) is 64.7 Å². The van der Waals surface area contributed by atoms with Gasteiger partial charge in [-0.3, -0.25) is 0 Å². The van der Waals surface area contributed by atoms with E-state index in [-0.39, 0.29) is 0 Å². The van der Waals surface area contributed by atoms with Crippen molar-refractivity contribution >= 4 is 11.6 Å². The van der Waals surface area contributed by atoms with E-state index in [9.17, 15) is 0 Å². The lowest BCUT2D eigenvalue weighted by Crippen LogP contribution is -2.03. The third-order valence-electron chi connectivity index (χ3n) is 5.46. The Labute approximate surface area is 152 Å². The van der Waals surface area contributed by atoms with Gasteiger partial charge in [0.15, 0.2) is 0 Å². The van der Waals surface area contributed by atoms with Gasteiger partial charge in [0.1, 0.15) is 5.75 Å². The second kappa shape index (κ2) is 7.91. The van der Waals surface area contributed by atoms with Gasteiger partial charge < -0.3 is 4.74 Å². The van der Waals surface area contributed by atoms with Crippen LogP contribution in [0.25, 0.3) is 11.6 Å². The highest BCUT2D eigenvalue weighted by molar-refractivity contribution is 5.91. The number of allylic oxidation sites excluding steroid dienone is 1. The molecule has 0 aromatic heterocycles. The maximum atomic E-state index is 5.32. The molecule has 0 bridgehead atoms.